The molecule has 0 saturated carbocycles. The van der Waals surface area contributed by atoms with Crippen molar-refractivity contribution < 1.29 is 14.6 Å². The molecule has 2 N–H and O–H groups in total. The average Bonchev–Trinajstić information content (AvgIpc) is 2.22. The van der Waals surface area contributed by atoms with Crippen LogP contribution < -0.4 is 5.32 Å². The second kappa shape index (κ2) is 5.27. The number of cyclic esters (lactones) is 1. The van der Waals surface area contributed by atoms with Gasteiger partial charge < -0.3 is 15.2 Å². The largest absolute Gasteiger partial charge is 0.506 e. The molecule has 0 aromatic heterocycles. The Labute approximate surface area is 104 Å². The zero-order valence-corrected chi connectivity index (χ0v) is 9.85. The average molecular weight is 264 g/mol. The molecule has 6 heteroatoms. The fourth-order valence-electron chi connectivity index (χ4n) is 1.57. The highest BCUT2D eigenvalue weighted by atomic mass is 35.5. The van der Waals surface area contributed by atoms with Crippen LogP contribution in [0.1, 0.15) is 18.0 Å². The number of hydrogen-bond acceptors (Lipinski definition) is 3. The van der Waals surface area contributed by atoms with Crippen LogP contribution in [0.2, 0.25) is 5.02 Å². The number of carbonyl (C=O) groups excluding carboxylic acids is 1. The van der Waals surface area contributed by atoms with Gasteiger partial charge in [-0.05, 0) is 6.07 Å². The highest BCUT2D eigenvalue weighted by Gasteiger charge is 2.23. The lowest BCUT2D eigenvalue weighted by Gasteiger charge is -2.24. The summed E-state index contributed by atoms with van der Waals surface area (Å²) < 4.78 is 4.74. The van der Waals surface area contributed by atoms with E-state index in [9.17, 15) is 9.90 Å². The number of carbonyl (C=O) groups is 1. The van der Waals surface area contributed by atoms with Crippen LogP contribution in [0, 0.1) is 0 Å². The summed E-state index contributed by atoms with van der Waals surface area (Å²) in [5.74, 6) is 0.0198. The van der Waals surface area contributed by atoms with Gasteiger partial charge in [-0.25, -0.2) is 4.79 Å². The standard InChI is InChI=1S/C10H10ClNO3.ClH/c11-7-3-1-2-6(9(7)13)8-4-5-15-10(14)12-8;/h1-3,8,13H,4-5H2,(H,12,14);1H/t8-;/m0./s1. The number of nitrogens with one attached hydrogen (secondary N) is 1. The van der Waals surface area contributed by atoms with Gasteiger partial charge in [0, 0.05) is 12.0 Å². The van der Waals surface area contributed by atoms with E-state index >= 15 is 0 Å². The van der Waals surface area contributed by atoms with Gasteiger partial charge in [-0.2, -0.15) is 0 Å². The Hall–Kier alpha value is -1.13. The van der Waals surface area contributed by atoms with Gasteiger partial charge in [0.1, 0.15) is 5.75 Å². The third kappa shape index (κ3) is 2.51. The predicted octanol–water partition coefficient (Wildman–Crippen LogP) is 2.64. The van der Waals surface area contributed by atoms with Crippen molar-refractivity contribution in [1.29, 1.82) is 0 Å². The van der Waals surface area contributed by atoms with Gasteiger partial charge in [0.05, 0.1) is 17.7 Å². The summed E-state index contributed by atoms with van der Waals surface area (Å²) >= 11 is 5.78. The van der Waals surface area contributed by atoms with E-state index in [0.29, 0.717) is 18.6 Å². The fraction of sp³-hybridized carbons (Fsp3) is 0.300. The second-order valence-electron chi connectivity index (χ2n) is 3.30. The van der Waals surface area contributed by atoms with E-state index in [1.54, 1.807) is 18.2 Å². The van der Waals surface area contributed by atoms with Crippen molar-refractivity contribution in [2.75, 3.05) is 6.61 Å². The topological polar surface area (TPSA) is 58.6 Å². The number of aromatic hydroxyl groups is 1. The van der Waals surface area contributed by atoms with Crippen LogP contribution in [0.15, 0.2) is 18.2 Å². The van der Waals surface area contributed by atoms with Gasteiger partial charge in [0.2, 0.25) is 0 Å². The Morgan fingerprint density at radius 1 is 1.50 bits per heavy atom. The molecule has 0 unspecified atom stereocenters. The SMILES string of the molecule is Cl.O=C1N[C@H](c2cccc(Cl)c2O)CCO1. The fourth-order valence-corrected chi connectivity index (χ4v) is 1.75. The molecule has 1 saturated heterocycles. The Kier molecular flexibility index (Phi) is 4.26. The quantitative estimate of drug-likeness (QED) is 0.819. The number of ether oxygens (including phenoxy) is 1. The van der Waals surface area contributed by atoms with Crippen LogP contribution in [0.5, 0.6) is 5.75 Å². The van der Waals surface area contributed by atoms with Crippen molar-refractivity contribution in [3.05, 3.63) is 28.8 Å². The zero-order chi connectivity index (χ0) is 10.8. The number of hydrogen-bond donors (Lipinski definition) is 2. The summed E-state index contributed by atoms with van der Waals surface area (Å²) in [7, 11) is 0. The van der Waals surface area contributed by atoms with Crippen molar-refractivity contribution >= 4 is 30.1 Å². The molecule has 4 nitrogen and oxygen atoms in total. The van der Waals surface area contributed by atoms with Crippen molar-refractivity contribution in [1.82, 2.24) is 5.32 Å². The molecule has 1 aromatic carbocycles. The Morgan fingerprint density at radius 2 is 2.25 bits per heavy atom. The number of phenols is 1. The first kappa shape index (κ1) is 12.9. The first-order chi connectivity index (χ1) is 7.18. The summed E-state index contributed by atoms with van der Waals surface area (Å²) in [5, 5.41) is 12.6. The highest BCUT2D eigenvalue weighted by Crippen LogP contribution is 2.33. The van der Waals surface area contributed by atoms with Crippen molar-refractivity contribution in [2.24, 2.45) is 0 Å². The number of benzene rings is 1. The molecule has 88 valence electrons. The lowest BCUT2D eigenvalue weighted by atomic mass is 10.0. The van der Waals surface area contributed by atoms with E-state index < -0.39 is 6.09 Å². The van der Waals surface area contributed by atoms with Gasteiger partial charge >= 0.3 is 6.09 Å². The summed E-state index contributed by atoms with van der Waals surface area (Å²) in [6.45, 7) is 0.350. The lowest BCUT2D eigenvalue weighted by molar-refractivity contribution is 0.115. The molecule has 1 atom stereocenters. The Morgan fingerprint density at radius 3 is 2.94 bits per heavy atom. The molecule has 16 heavy (non-hydrogen) atoms. The maximum atomic E-state index is 11.0. The molecule has 1 aliphatic heterocycles. The van der Waals surface area contributed by atoms with Crippen LogP contribution in [-0.2, 0) is 4.74 Å². The van der Waals surface area contributed by atoms with Gasteiger partial charge in [-0.15, -0.1) is 12.4 Å². The molecule has 1 heterocycles. The number of rotatable bonds is 1. The number of phenolic OH excluding ortho intramolecular Hbond substituents is 1. The number of para-hydroxylation sites is 1. The molecular weight excluding hydrogens is 253 g/mol. The Bertz CT molecular complexity index is 398. The van der Waals surface area contributed by atoms with Crippen molar-refractivity contribution in [2.45, 2.75) is 12.5 Å². The summed E-state index contributed by atoms with van der Waals surface area (Å²) in [6, 6.07) is 4.84. The molecule has 0 spiro atoms. The first-order valence-electron chi connectivity index (χ1n) is 4.59. The van der Waals surface area contributed by atoms with Gasteiger partial charge in [0.15, 0.2) is 0 Å². The third-order valence-corrected chi connectivity index (χ3v) is 2.63. The van der Waals surface area contributed by atoms with E-state index in [4.69, 9.17) is 16.3 Å². The maximum absolute atomic E-state index is 11.0. The van der Waals surface area contributed by atoms with Gasteiger partial charge in [-0.3, -0.25) is 0 Å². The van der Waals surface area contributed by atoms with Crippen LogP contribution in [0.4, 0.5) is 4.79 Å². The molecule has 0 aliphatic carbocycles. The first-order valence-corrected chi connectivity index (χ1v) is 4.97. The number of alkyl carbamates (subject to hydrolysis) is 1. The lowest BCUT2D eigenvalue weighted by Crippen LogP contribution is -2.35. The molecule has 1 fully saturated rings. The molecule has 1 aliphatic rings. The monoisotopic (exact) mass is 263 g/mol. The molecule has 0 radical (unpaired) electrons. The van der Waals surface area contributed by atoms with Gasteiger partial charge in [-0.1, -0.05) is 23.7 Å². The molecule has 2 rings (SSSR count). The highest BCUT2D eigenvalue weighted by molar-refractivity contribution is 6.32. The maximum Gasteiger partial charge on any atom is 0.407 e. The van der Waals surface area contributed by atoms with Crippen LogP contribution in [0.25, 0.3) is 0 Å². The van der Waals surface area contributed by atoms with E-state index in [1.165, 1.54) is 0 Å². The third-order valence-electron chi connectivity index (χ3n) is 2.33. The molecule has 0 bridgehead atoms. The van der Waals surface area contributed by atoms with E-state index in [-0.39, 0.29) is 29.2 Å². The van der Waals surface area contributed by atoms with Crippen LogP contribution in [0.3, 0.4) is 0 Å². The summed E-state index contributed by atoms with van der Waals surface area (Å²) in [4.78, 5) is 11.0. The molecule has 1 amide bonds. The number of amides is 1. The summed E-state index contributed by atoms with van der Waals surface area (Å²) in [5.41, 5.74) is 0.624. The van der Waals surface area contributed by atoms with Crippen molar-refractivity contribution in [3.8, 4) is 5.75 Å². The predicted molar refractivity (Wildman–Crippen MR) is 62.2 cm³/mol. The smallest absolute Gasteiger partial charge is 0.407 e. The second-order valence-corrected chi connectivity index (χ2v) is 3.71. The van der Waals surface area contributed by atoms with Crippen LogP contribution >= 0.6 is 24.0 Å². The minimum absolute atomic E-state index is 0. The van der Waals surface area contributed by atoms with E-state index in [0.717, 1.165) is 0 Å². The summed E-state index contributed by atoms with van der Waals surface area (Å²) in [6.07, 6.45) is 0.158. The minimum Gasteiger partial charge on any atom is -0.506 e. The van der Waals surface area contributed by atoms with E-state index in [2.05, 4.69) is 5.32 Å². The van der Waals surface area contributed by atoms with Crippen LogP contribution in [-0.4, -0.2) is 17.8 Å². The zero-order valence-electron chi connectivity index (χ0n) is 8.27. The van der Waals surface area contributed by atoms with E-state index in [1.807, 2.05) is 0 Å². The van der Waals surface area contributed by atoms with Crippen molar-refractivity contribution in [3.63, 3.8) is 0 Å². The Balaban J connectivity index is 0.00000128. The van der Waals surface area contributed by atoms with Gasteiger partial charge in [0.25, 0.3) is 0 Å². The molecule has 1 aromatic rings. The normalized spacial score (nSPS) is 19.3. The molecular formula is C10H11Cl2NO3. The number of halogens is 2. The minimum atomic E-state index is -0.467.